The lowest BCUT2D eigenvalue weighted by Gasteiger charge is -2.20. The molecule has 2 unspecified atom stereocenters. The minimum Gasteiger partial charge on any atom is -0.347 e. The van der Waals surface area contributed by atoms with Crippen LogP contribution >= 0.6 is 0 Å². The Morgan fingerprint density at radius 3 is 2.48 bits per heavy atom. The van der Waals surface area contributed by atoms with E-state index in [1.54, 1.807) is 0 Å². The molecule has 6 nitrogen and oxygen atoms in total. The van der Waals surface area contributed by atoms with Crippen molar-refractivity contribution in [3.05, 3.63) is 21.9 Å². The van der Waals surface area contributed by atoms with Crippen molar-refractivity contribution >= 4 is 5.91 Å². The van der Waals surface area contributed by atoms with Crippen molar-refractivity contribution < 1.29 is 4.79 Å². The second-order valence-corrected chi connectivity index (χ2v) is 7.12. The number of aromatic amines is 1. The molecule has 1 aromatic heterocycles. The molecule has 1 heterocycles. The van der Waals surface area contributed by atoms with E-state index in [0.717, 1.165) is 38.5 Å². The van der Waals surface area contributed by atoms with Gasteiger partial charge in [0.15, 0.2) is 5.69 Å². The number of hydrogen-bond donors (Lipinski definition) is 2. The minimum absolute atomic E-state index is 0.00111. The van der Waals surface area contributed by atoms with Crippen molar-refractivity contribution in [2.45, 2.75) is 90.5 Å². The van der Waals surface area contributed by atoms with Gasteiger partial charge in [0.05, 0.1) is 6.04 Å². The summed E-state index contributed by atoms with van der Waals surface area (Å²) in [7, 11) is 0. The standard InChI is InChI=1S/C19H32N4O2/c1-4-7-10-13(5-2)18(24)20-15(6-3)16-19(25)21-17(23-22-16)14-11-8-9-12-14/h13-15H,4-12H2,1-3H3,(H,20,24)(H,21,23,25). The number of aromatic nitrogens is 3. The number of carbonyl (C=O) groups excluding carboxylic acids is 1. The summed E-state index contributed by atoms with van der Waals surface area (Å²) in [5.74, 6) is 1.03. The molecule has 0 saturated heterocycles. The number of rotatable bonds is 9. The largest absolute Gasteiger partial charge is 0.347 e. The fourth-order valence-corrected chi connectivity index (χ4v) is 3.59. The molecule has 1 aromatic rings. The lowest BCUT2D eigenvalue weighted by Crippen LogP contribution is -2.37. The Morgan fingerprint density at radius 2 is 1.92 bits per heavy atom. The molecule has 2 N–H and O–H groups in total. The zero-order chi connectivity index (χ0) is 18.2. The molecule has 140 valence electrons. The first-order chi connectivity index (χ1) is 12.1. The van der Waals surface area contributed by atoms with Crippen molar-refractivity contribution in [1.82, 2.24) is 20.5 Å². The van der Waals surface area contributed by atoms with Crippen LogP contribution in [0.4, 0.5) is 0 Å². The maximum atomic E-state index is 12.5. The van der Waals surface area contributed by atoms with Gasteiger partial charge in [0.2, 0.25) is 5.91 Å². The molecule has 0 bridgehead atoms. The van der Waals surface area contributed by atoms with E-state index in [-0.39, 0.29) is 23.4 Å². The van der Waals surface area contributed by atoms with E-state index in [4.69, 9.17) is 0 Å². The third-order valence-corrected chi connectivity index (χ3v) is 5.31. The average molecular weight is 348 g/mol. The molecule has 0 aliphatic heterocycles. The summed E-state index contributed by atoms with van der Waals surface area (Å²) in [4.78, 5) is 27.9. The zero-order valence-electron chi connectivity index (χ0n) is 15.8. The highest BCUT2D eigenvalue weighted by molar-refractivity contribution is 5.78. The SMILES string of the molecule is CCCCC(CC)C(=O)NC(CC)c1nnc(C2CCCC2)[nH]c1=O. The van der Waals surface area contributed by atoms with Crippen LogP contribution in [0.5, 0.6) is 0 Å². The normalized spacial score (nSPS) is 17.4. The average Bonchev–Trinajstić information content (AvgIpc) is 3.15. The first-order valence-corrected chi connectivity index (χ1v) is 9.87. The van der Waals surface area contributed by atoms with Gasteiger partial charge < -0.3 is 10.3 Å². The van der Waals surface area contributed by atoms with E-state index in [1.165, 1.54) is 12.8 Å². The number of carbonyl (C=O) groups is 1. The molecule has 6 heteroatoms. The monoisotopic (exact) mass is 348 g/mol. The molecule has 0 spiro atoms. The van der Waals surface area contributed by atoms with Crippen LogP contribution < -0.4 is 10.9 Å². The molecule has 0 aromatic carbocycles. The summed E-state index contributed by atoms with van der Waals surface area (Å²) in [5, 5.41) is 11.5. The van der Waals surface area contributed by atoms with Gasteiger partial charge in [-0.1, -0.05) is 46.5 Å². The number of nitrogens with zero attached hydrogens (tertiary/aromatic N) is 2. The van der Waals surface area contributed by atoms with Crippen molar-refractivity contribution in [2.24, 2.45) is 5.92 Å². The third-order valence-electron chi connectivity index (χ3n) is 5.31. The molecule has 2 atom stereocenters. The molecule has 1 saturated carbocycles. The van der Waals surface area contributed by atoms with Gasteiger partial charge >= 0.3 is 0 Å². The van der Waals surface area contributed by atoms with Crippen molar-refractivity contribution in [3.8, 4) is 0 Å². The van der Waals surface area contributed by atoms with Crippen LogP contribution in [0.15, 0.2) is 4.79 Å². The predicted octanol–water partition coefficient (Wildman–Crippen LogP) is 3.61. The number of unbranched alkanes of at least 4 members (excludes halogenated alkanes) is 1. The molecule has 25 heavy (non-hydrogen) atoms. The highest BCUT2D eigenvalue weighted by Gasteiger charge is 2.25. The van der Waals surface area contributed by atoms with E-state index in [9.17, 15) is 9.59 Å². The Labute approximate surface area is 150 Å². The van der Waals surface area contributed by atoms with Gasteiger partial charge in [-0.2, -0.15) is 0 Å². The van der Waals surface area contributed by atoms with Gasteiger partial charge in [0.25, 0.3) is 5.56 Å². The smallest absolute Gasteiger partial charge is 0.275 e. The molecular weight excluding hydrogens is 316 g/mol. The number of H-pyrrole nitrogens is 1. The number of hydrogen-bond acceptors (Lipinski definition) is 4. The summed E-state index contributed by atoms with van der Waals surface area (Å²) in [6, 6.07) is -0.378. The molecule has 1 amide bonds. The van der Waals surface area contributed by atoms with E-state index < -0.39 is 0 Å². The number of nitrogens with one attached hydrogen (secondary N) is 2. The van der Waals surface area contributed by atoms with Crippen molar-refractivity contribution in [1.29, 1.82) is 0 Å². The molecule has 1 aliphatic carbocycles. The van der Waals surface area contributed by atoms with Gasteiger partial charge in [-0.3, -0.25) is 9.59 Å². The number of amides is 1. The topological polar surface area (TPSA) is 87.7 Å². The van der Waals surface area contributed by atoms with E-state index >= 15 is 0 Å². The molecular formula is C19H32N4O2. The Bertz CT molecular complexity index is 608. The van der Waals surface area contributed by atoms with Crippen LogP contribution in [-0.2, 0) is 4.79 Å². The van der Waals surface area contributed by atoms with Crippen LogP contribution in [0.1, 0.15) is 102 Å². The Kier molecular flexibility index (Phi) is 7.59. The lowest BCUT2D eigenvalue weighted by molar-refractivity contribution is -0.126. The van der Waals surface area contributed by atoms with Crippen LogP contribution in [0, 0.1) is 5.92 Å². The first-order valence-electron chi connectivity index (χ1n) is 9.87. The maximum absolute atomic E-state index is 12.5. The summed E-state index contributed by atoms with van der Waals surface area (Å²) in [6.07, 6.45) is 8.92. The molecule has 0 radical (unpaired) electrons. The van der Waals surface area contributed by atoms with Gasteiger partial charge in [-0.05, 0) is 32.1 Å². The summed E-state index contributed by atoms with van der Waals surface area (Å²) < 4.78 is 0. The second-order valence-electron chi connectivity index (χ2n) is 7.12. The summed E-state index contributed by atoms with van der Waals surface area (Å²) >= 11 is 0. The Balaban J connectivity index is 2.08. The first kappa shape index (κ1) is 19.6. The van der Waals surface area contributed by atoms with Crippen molar-refractivity contribution in [3.63, 3.8) is 0 Å². The molecule has 2 rings (SSSR count). The van der Waals surface area contributed by atoms with Gasteiger partial charge in [0, 0.05) is 11.8 Å². The highest BCUT2D eigenvalue weighted by atomic mass is 16.2. The van der Waals surface area contributed by atoms with E-state index in [1.807, 2.05) is 13.8 Å². The Morgan fingerprint density at radius 1 is 1.20 bits per heavy atom. The van der Waals surface area contributed by atoms with Crippen LogP contribution in [-0.4, -0.2) is 21.1 Å². The van der Waals surface area contributed by atoms with Gasteiger partial charge in [0.1, 0.15) is 5.82 Å². The predicted molar refractivity (Wildman–Crippen MR) is 98.3 cm³/mol. The maximum Gasteiger partial charge on any atom is 0.275 e. The van der Waals surface area contributed by atoms with Gasteiger partial charge in [-0.15, -0.1) is 10.2 Å². The van der Waals surface area contributed by atoms with Gasteiger partial charge in [-0.25, -0.2) is 0 Å². The van der Waals surface area contributed by atoms with E-state index in [2.05, 4.69) is 27.4 Å². The summed E-state index contributed by atoms with van der Waals surface area (Å²) in [6.45, 7) is 6.11. The quantitative estimate of drug-likeness (QED) is 0.713. The molecule has 1 fully saturated rings. The fraction of sp³-hybridized carbons (Fsp3) is 0.789. The lowest BCUT2D eigenvalue weighted by atomic mass is 9.97. The van der Waals surface area contributed by atoms with E-state index in [0.29, 0.717) is 23.9 Å². The second kappa shape index (κ2) is 9.68. The Hall–Kier alpha value is -1.72. The molecule has 1 aliphatic rings. The van der Waals surface area contributed by atoms with Crippen molar-refractivity contribution in [2.75, 3.05) is 0 Å². The van der Waals surface area contributed by atoms with Crippen LogP contribution in [0.3, 0.4) is 0 Å². The van der Waals surface area contributed by atoms with Crippen LogP contribution in [0.2, 0.25) is 0 Å². The fourth-order valence-electron chi connectivity index (χ4n) is 3.59. The highest BCUT2D eigenvalue weighted by Crippen LogP contribution is 2.31. The minimum atomic E-state index is -0.378. The van der Waals surface area contributed by atoms with Crippen LogP contribution in [0.25, 0.3) is 0 Å². The zero-order valence-corrected chi connectivity index (χ0v) is 15.8. The summed E-state index contributed by atoms with van der Waals surface area (Å²) in [5.41, 5.74) is 0.105. The third kappa shape index (κ3) is 5.13.